The smallest absolute Gasteiger partial charge is 0.267 e. The van der Waals surface area contributed by atoms with E-state index in [0.29, 0.717) is 17.3 Å². The summed E-state index contributed by atoms with van der Waals surface area (Å²) in [7, 11) is 0. The molecule has 1 amide bonds. The van der Waals surface area contributed by atoms with Crippen molar-refractivity contribution < 1.29 is 4.79 Å². The number of aryl methyl sites for hydroxylation is 1. The number of hydrogen-bond donors (Lipinski definition) is 2. The van der Waals surface area contributed by atoms with Gasteiger partial charge >= 0.3 is 0 Å². The fourth-order valence-electron chi connectivity index (χ4n) is 1.98. The minimum Gasteiger partial charge on any atom is -0.386 e. The summed E-state index contributed by atoms with van der Waals surface area (Å²) in [6.45, 7) is 2.56. The van der Waals surface area contributed by atoms with Gasteiger partial charge in [0.15, 0.2) is 0 Å². The normalized spacial score (nSPS) is 10.7. The lowest BCUT2D eigenvalue weighted by Crippen LogP contribution is -2.16. The predicted octanol–water partition coefficient (Wildman–Crippen LogP) is 3.78. The zero-order valence-corrected chi connectivity index (χ0v) is 13.4. The summed E-state index contributed by atoms with van der Waals surface area (Å²) in [5, 5.41) is 15.3. The molecule has 0 radical (unpaired) electrons. The topological polar surface area (TPSA) is 64.9 Å². The minimum atomic E-state index is -0.480. The van der Waals surface area contributed by atoms with Crippen molar-refractivity contribution in [2.24, 2.45) is 0 Å². The number of nitriles is 1. The first-order chi connectivity index (χ1) is 11.1. The molecule has 0 atom stereocenters. The predicted molar refractivity (Wildman–Crippen MR) is 91.8 cm³/mol. The third-order valence-electron chi connectivity index (χ3n) is 3.25. The lowest BCUT2D eigenvalue weighted by atomic mass is 10.1. The largest absolute Gasteiger partial charge is 0.386 e. The Kier molecular flexibility index (Phi) is 5.79. The van der Waals surface area contributed by atoms with Gasteiger partial charge in [0, 0.05) is 23.5 Å². The number of amides is 1. The van der Waals surface area contributed by atoms with E-state index in [0.717, 1.165) is 11.1 Å². The van der Waals surface area contributed by atoms with Crippen LogP contribution in [-0.4, -0.2) is 5.91 Å². The maximum Gasteiger partial charge on any atom is 0.267 e. The average Bonchev–Trinajstić information content (AvgIpc) is 2.53. The lowest BCUT2D eigenvalue weighted by molar-refractivity contribution is -0.112. The quantitative estimate of drug-likeness (QED) is 0.649. The van der Waals surface area contributed by atoms with Crippen LogP contribution >= 0.6 is 11.6 Å². The zero-order chi connectivity index (χ0) is 16.7. The molecule has 2 rings (SSSR count). The van der Waals surface area contributed by atoms with Crippen molar-refractivity contribution in [3.63, 3.8) is 0 Å². The van der Waals surface area contributed by atoms with Gasteiger partial charge in [0.25, 0.3) is 5.91 Å². The van der Waals surface area contributed by atoms with Gasteiger partial charge in [-0.25, -0.2) is 0 Å². The van der Waals surface area contributed by atoms with E-state index in [2.05, 4.69) is 10.6 Å². The van der Waals surface area contributed by atoms with E-state index in [-0.39, 0.29) is 5.57 Å². The second kappa shape index (κ2) is 8.02. The van der Waals surface area contributed by atoms with E-state index in [1.54, 1.807) is 24.3 Å². The van der Waals surface area contributed by atoms with Crippen molar-refractivity contribution >= 4 is 23.2 Å². The van der Waals surface area contributed by atoms with Gasteiger partial charge < -0.3 is 10.6 Å². The Bertz CT molecular complexity index is 778. The van der Waals surface area contributed by atoms with Gasteiger partial charge in [-0.2, -0.15) is 5.26 Å². The summed E-state index contributed by atoms with van der Waals surface area (Å²) in [6, 6.07) is 16.6. The van der Waals surface area contributed by atoms with Gasteiger partial charge in [-0.3, -0.25) is 4.79 Å². The van der Waals surface area contributed by atoms with Crippen LogP contribution in [0.2, 0.25) is 5.02 Å². The van der Waals surface area contributed by atoms with Gasteiger partial charge in [0.1, 0.15) is 11.6 Å². The molecule has 0 aliphatic carbocycles. The third-order valence-corrected chi connectivity index (χ3v) is 3.48. The van der Waals surface area contributed by atoms with Crippen molar-refractivity contribution in [3.8, 4) is 6.07 Å². The van der Waals surface area contributed by atoms with E-state index in [1.165, 1.54) is 6.20 Å². The summed E-state index contributed by atoms with van der Waals surface area (Å²) < 4.78 is 0. The molecule has 23 heavy (non-hydrogen) atoms. The molecule has 2 N–H and O–H groups in total. The van der Waals surface area contributed by atoms with Crippen LogP contribution in [0.3, 0.4) is 0 Å². The first kappa shape index (κ1) is 16.6. The van der Waals surface area contributed by atoms with Crippen molar-refractivity contribution in [1.29, 1.82) is 5.26 Å². The highest BCUT2D eigenvalue weighted by atomic mass is 35.5. The average molecular weight is 326 g/mol. The SMILES string of the molecule is Cc1ccccc1CN/C=C(/C#N)C(=O)Nc1cccc(Cl)c1. The van der Waals surface area contributed by atoms with Crippen LogP contribution < -0.4 is 10.6 Å². The molecule has 0 saturated heterocycles. The number of halogens is 1. The van der Waals surface area contributed by atoms with Crippen molar-refractivity contribution in [2.75, 3.05) is 5.32 Å². The van der Waals surface area contributed by atoms with Crippen LogP contribution in [0, 0.1) is 18.3 Å². The van der Waals surface area contributed by atoms with E-state index < -0.39 is 5.91 Å². The molecule has 116 valence electrons. The Morgan fingerprint density at radius 1 is 1.26 bits per heavy atom. The Labute approximate surface area is 140 Å². The Morgan fingerprint density at radius 2 is 2.04 bits per heavy atom. The molecule has 0 bridgehead atoms. The summed E-state index contributed by atoms with van der Waals surface area (Å²) in [6.07, 6.45) is 1.42. The van der Waals surface area contributed by atoms with E-state index in [1.807, 2.05) is 37.3 Å². The van der Waals surface area contributed by atoms with E-state index in [4.69, 9.17) is 16.9 Å². The fourth-order valence-corrected chi connectivity index (χ4v) is 2.18. The van der Waals surface area contributed by atoms with Crippen LogP contribution in [0.5, 0.6) is 0 Å². The summed E-state index contributed by atoms with van der Waals surface area (Å²) in [4.78, 5) is 12.1. The molecule has 0 saturated carbocycles. The molecule has 0 aliphatic heterocycles. The molecule has 2 aromatic carbocycles. The van der Waals surface area contributed by atoms with Crippen molar-refractivity contribution in [3.05, 3.63) is 76.5 Å². The number of nitrogens with one attached hydrogen (secondary N) is 2. The van der Waals surface area contributed by atoms with Crippen LogP contribution in [0.4, 0.5) is 5.69 Å². The van der Waals surface area contributed by atoms with Crippen LogP contribution in [0.25, 0.3) is 0 Å². The number of carbonyl (C=O) groups is 1. The van der Waals surface area contributed by atoms with Crippen molar-refractivity contribution in [1.82, 2.24) is 5.32 Å². The molecular formula is C18H16ClN3O. The monoisotopic (exact) mass is 325 g/mol. The highest BCUT2D eigenvalue weighted by Crippen LogP contribution is 2.15. The van der Waals surface area contributed by atoms with Gasteiger partial charge in [0.05, 0.1) is 0 Å². The summed E-state index contributed by atoms with van der Waals surface area (Å²) in [5.74, 6) is -0.480. The molecule has 0 unspecified atom stereocenters. The maximum atomic E-state index is 12.1. The lowest BCUT2D eigenvalue weighted by Gasteiger charge is -2.07. The number of hydrogen-bond acceptors (Lipinski definition) is 3. The summed E-state index contributed by atoms with van der Waals surface area (Å²) in [5.41, 5.74) is 2.80. The number of nitrogens with zero attached hydrogens (tertiary/aromatic N) is 1. The Balaban J connectivity index is 2.00. The summed E-state index contributed by atoms with van der Waals surface area (Å²) >= 11 is 5.86. The number of anilines is 1. The van der Waals surface area contributed by atoms with Crippen LogP contribution in [-0.2, 0) is 11.3 Å². The second-order valence-electron chi connectivity index (χ2n) is 4.94. The first-order valence-electron chi connectivity index (χ1n) is 7.05. The van der Waals surface area contributed by atoms with Gasteiger partial charge in [-0.1, -0.05) is 41.9 Å². The number of rotatable bonds is 5. The Hall–Kier alpha value is -2.77. The number of carbonyl (C=O) groups excluding carboxylic acids is 1. The molecule has 2 aromatic rings. The molecular weight excluding hydrogens is 310 g/mol. The second-order valence-corrected chi connectivity index (χ2v) is 5.38. The Morgan fingerprint density at radius 3 is 2.74 bits per heavy atom. The van der Waals surface area contributed by atoms with Gasteiger partial charge in [0.2, 0.25) is 0 Å². The fraction of sp³-hybridized carbons (Fsp3) is 0.111. The highest BCUT2D eigenvalue weighted by Gasteiger charge is 2.09. The molecule has 0 aliphatic rings. The van der Waals surface area contributed by atoms with Gasteiger partial charge in [-0.15, -0.1) is 0 Å². The van der Waals surface area contributed by atoms with Gasteiger partial charge in [-0.05, 0) is 36.2 Å². The maximum absolute atomic E-state index is 12.1. The molecule has 0 aromatic heterocycles. The molecule has 0 fully saturated rings. The third kappa shape index (κ3) is 4.87. The highest BCUT2D eigenvalue weighted by molar-refractivity contribution is 6.31. The zero-order valence-electron chi connectivity index (χ0n) is 12.6. The van der Waals surface area contributed by atoms with Crippen LogP contribution in [0.1, 0.15) is 11.1 Å². The van der Waals surface area contributed by atoms with Crippen LogP contribution in [0.15, 0.2) is 60.3 Å². The van der Waals surface area contributed by atoms with E-state index in [9.17, 15) is 4.79 Å². The molecule has 0 heterocycles. The minimum absolute atomic E-state index is 0.00133. The number of benzene rings is 2. The molecule has 4 nitrogen and oxygen atoms in total. The molecule has 0 spiro atoms. The van der Waals surface area contributed by atoms with E-state index >= 15 is 0 Å². The molecule has 5 heteroatoms. The van der Waals surface area contributed by atoms with Crippen molar-refractivity contribution in [2.45, 2.75) is 13.5 Å². The standard InChI is InChI=1S/C18H16ClN3O/c1-13-5-2-3-6-14(13)11-21-12-15(10-20)18(23)22-17-8-4-7-16(19)9-17/h2-9,12,21H,11H2,1H3,(H,22,23)/b15-12-. The first-order valence-corrected chi connectivity index (χ1v) is 7.43.